The molecule has 1 amide bonds. The summed E-state index contributed by atoms with van der Waals surface area (Å²) < 4.78 is 4.99. The van der Waals surface area contributed by atoms with E-state index in [9.17, 15) is 9.59 Å². The average molecular weight is 372 g/mol. The van der Waals surface area contributed by atoms with E-state index in [2.05, 4.69) is 37.9 Å². The third kappa shape index (κ3) is 3.07. The van der Waals surface area contributed by atoms with Gasteiger partial charge in [-0.2, -0.15) is 0 Å². The molecule has 6 heteroatoms. The maximum absolute atomic E-state index is 12.8. The number of nitrogens with zero attached hydrogens (tertiary/aromatic N) is 2. The number of amidine groups is 1. The van der Waals surface area contributed by atoms with Crippen LogP contribution in [0.25, 0.3) is 0 Å². The average Bonchev–Trinajstić information content (AvgIpc) is 2.86. The third-order valence-electron chi connectivity index (χ3n) is 4.76. The molecule has 0 saturated carbocycles. The van der Waals surface area contributed by atoms with Gasteiger partial charge in [-0.15, -0.1) is 0 Å². The zero-order chi connectivity index (χ0) is 19.2. The molecule has 26 heavy (non-hydrogen) atoms. The fourth-order valence-electron chi connectivity index (χ4n) is 3.25. The predicted octanol–water partition coefficient (Wildman–Crippen LogP) is 3.81. The monoisotopic (exact) mass is 372 g/mol. The maximum atomic E-state index is 12.8. The molecule has 0 bridgehead atoms. The molecule has 5 nitrogen and oxygen atoms in total. The van der Waals surface area contributed by atoms with Crippen LogP contribution in [0.1, 0.15) is 51.8 Å². The van der Waals surface area contributed by atoms with E-state index >= 15 is 0 Å². The lowest BCUT2D eigenvalue weighted by atomic mass is 9.85. The molecule has 1 fully saturated rings. The van der Waals surface area contributed by atoms with Crippen molar-refractivity contribution in [1.29, 1.82) is 0 Å². The van der Waals surface area contributed by atoms with E-state index in [4.69, 9.17) is 4.74 Å². The van der Waals surface area contributed by atoms with Crippen LogP contribution in [0, 0.1) is 0 Å². The molecule has 1 aromatic rings. The smallest absolute Gasteiger partial charge is 0.338 e. The Hall–Kier alpha value is -2.08. The van der Waals surface area contributed by atoms with Crippen LogP contribution in [0.5, 0.6) is 0 Å². The number of carbonyl (C=O) groups is 2. The molecule has 138 valence electrons. The lowest BCUT2D eigenvalue weighted by Gasteiger charge is -2.33. The van der Waals surface area contributed by atoms with Crippen molar-refractivity contribution < 1.29 is 14.3 Å². The number of benzene rings is 1. The summed E-state index contributed by atoms with van der Waals surface area (Å²) in [4.78, 5) is 31.4. The zero-order valence-electron chi connectivity index (χ0n) is 16.0. The van der Waals surface area contributed by atoms with E-state index in [-0.39, 0.29) is 16.6 Å². The molecule has 2 atom stereocenters. The van der Waals surface area contributed by atoms with E-state index in [1.54, 1.807) is 11.8 Å². The lowest BCUT2D eigenvalue weighted by molar-refractivity contribution is -0.137. The first-order valence-corrected chi connectivity index (χ1v) is 9.51. The Morgan fingerprint density at radius 3 is 2.38 bits per heavy atom. The molecule has 1 saturated heterocycles. The Balaban J connectivity index is 2.12. The molecular weight excluding hydrogens is 348 g/mol. The number of hydrogen-bond acceptors (Lipinski definition) is 5. The fourth-order valence-corrected chi connectivity index (χ4v) is 4.28. The molecule has 2 heterocycles. The zero-order valence-corrected chi connectivity index (χ0v) is 16.8. The van der Waals surface area contributed by atoms with Crippen molar-refractivity contribution in [1.82, 2.24) is 4.90 Å². The second-order valence-electron chi connectivity index (χ2n) is 7.63. The van der Waals surface area contributed by atoms with E-state index < -0.39 is 12.0 Å². The van der Waals surface area contributed by atoms with Crippen molar-refractivity contribution in [3.63, 3.8) is 0 Å². The van der Waals surface area contributed by atoms with Gasteiger partial charge in [0.05, 0.1) is 29.7 Å². The molecule has 0 aliphatic carbocycles. The summed E-state index contributed by atoms with van der Waals surface area (Å²) in [6.45, 7) is 10.1. The van der Waals surface area contributed by atoms with Crippen molar-refractivity contribution >= 4 is 28.8 Å². The van der Waals surface area contributed by atoms with Crippen LogP contribution in [0.2, 0.25) is 0 Å². The first-order chi connectivity index (χ1) is 12.1. The van der Waals surface area contributed by atoms with Crippen molar-refractivity contribution in [2.75, 3.05) is 7.11 Å². The predicted molar refractivity (Wildman–Crippen MR) is 104 cm³/mol. The second kappa shape index (κ2) is 6.58. The largest absolute Gasteiger partial charge is 0.466 e. The highest BCUT2D eigenvalue weighted by atomic mass is 32.2. The molecular formula is C20H24N2O3S. The maximum Gasteiger partial charge on any atom is 0.338 e. The number of esters is 1. The first-order valence-electron chi connectivity index (χ1n) is 8.63. The number of amides is 1. The Kier molecular flexibility index (Phi) is 4.73. The van der Waals surface area contributed by atoms with Gasteiger partial charge in [0.1, 0.15) is 0 Å². The molecule has 0 aromatic heterocycles. The van der Waals surface area contributed by atoms with E-state index in [0.29, 0.717) is 16.4 Å². The molecule has 1 aromatic carbocycles. The van der Waals surface area contributed by atoms with Crippen molar-refractivity contribution in [2.24, 2.45) is 4.99 Å². The number of fused-ring (bicyclic) bond motifs is 1. The minimum absolute atomic E-state index is 0.0302. The van der Waals surface area contributed by atoms with Crippen LogP contribution in [-0.2, 0) is 19.7 Å². The molecule has 0 radical (unpaired) electrons. The van der Waals surface area contributed by atoms with Gasteiger partial charge in [0.15, 0.2) is 5.17 Å². The number of aliphatic imine (C=N–C) groups is 1. The van der Waals surface area contributed by atoms with Crippen molar-refractivity contribution in [3.8, 4) is 0 Å². The topological polar surface area (TPSA) is 59.0 Å². The SMILES string of the molecule is COC(=O)C1=C(C)N=C2S[C@H](C)C(=O)N2[C@H]1c1ccc(C(C)(C)C)cc1. The third-order valence-corrected chi connectivity index (χ3v) is 5.81. The van der Waals surface area contributed by atoms with Crippen molar-refractivity contribution in [3.05, 3.63) is 46.7 Å². The molecule has 0 spiro atoms. The van der Waals surface area contributed by atoms with Gasteiger partial charge in [-0.3, -0.25) is 9.69 Å². The minimum atomic E-state index is -0.506. The molecule has 2 aliphatic rings. The Morgan fingerprint density at radius 2 is 1.85 bits per heavy atom. The summed E-state index contributed by atoms with van der Waals surface area (Å²) in [7, 11) is 1.35. The normalized spacial score (nSPS) is 23.1. The van der Waals surface area contributed by atoms with Gasteiger partial charge in [-0.1, -0.05) is 56.8 Å². The van der Waals surface area contributed by atoms with E-state index in [1.807, 2.05) is 19.1 Å². The standard InChI is InChI=1S/C20H24N2O3S/c1-11-15(18(24)25-6)16(22-17(23)12(2)26-19(22)21-11)13-7-9-14(10-8-13)20(3,4)5/h7-10,12,16H,1-6H3/t12-,16+/m1/s1. The van der Waals surface area contributed by atoms with Crippen LogP contribution >= 0.6 is 11.8 Å². The number of rotatable bonds is 2. The first kappa shape index (κ1) is 18.7. The Labute approximate surface area is 158 Å². The summed E-state index contributed by atoms with van der Waals surface area (Å²) in [6, 6.07) is 7.59. The van der Waals surface area contributed by atoms with Crippen LogP contribution in [-0.4, -0.2) is 34.3 Å². The highest BCUT2D eigenvalue weighted by Gasteiger charge is 2.46. The minimum Gasteiger partial charge on any atom is -0.466 e. The molecule has 2 aliphatic heterocycles. The van der Waals surface area contributed by atoms with E-state index in [0.717, 1.165) is 5.56 Å². The lowest BCUT2D eigenvalue weighted by Crippen LogP contribution is -2.40. The Bertz CT molecular complexity index is 818. The Morgan fingerprint density at radius 1 is 1.23 bits per heavy atom. The van der Waals surface area contributed by atoms with Gasteiger partial charge in [0.25, 0.3) is 0 Å². The highest BCUT2D eigenvalue weighted by Crippen LogP contribution is 2.43. The van der Waals surface area contributed by atoms with Gasteiger partial charge >= 0.3 is 5.97 Å². The highest BCUT2D eigenvalue weighted by molar-refractivity contribution is 8.15. The molecule has 0 unspecified atom stereocenters. The van der Waals surface area contributed by atoms with Gasteiger partial charge in [0, 0.05) is 0 Å². The fraction of sp³-hybridized carbons (Fsp3) is 0.450. The van der Waals surface area contributed by atoms with Gasteiger partial charge in [-0.05, 0) is 30.4 Å². The number of allylic oxidation sites excluding steroid dienone is 1. The van der Waals surface area contributed by atoms with Gasteiger partial charge < -0.3 is 4.74 Å². The summed E-state index contributed by atoms with van der Waals surface area (Å²) >= 11 is 1.43. The number of hydrogen-bond donors (Lipinski definition) is 0. The van der Waals surface area contributed by atoms with Crippen LogP contribution in [0.4, 0.5) is 0 Å². The molecule has 0 N–H and O–H groups in total. The second-order valence-corrected chi connectivity index (χ2v) is 8.94. The van der Waals surface area contributed by atoms with Crippen LogP contribution < -0.4 is 0 Å². The summed E-state index contributed by atoms with van der Waals surface area (Å²) in [5.74, 6) is -0.486. The number of methoxy groups -OCH3 is 1. The van der Waals surface area contributed by atoms with Gasteiger partial charge in [-0.25, -0.2) is 9.79 Å². The van der Waals surface area contributed by atoms with Crippen LogP contribution in [0.15, 0.2) is 40.5 Å². The number of thioether (sulfide) groups is 1. The summed E-state index contributed by atoms with van der Waals surface area (Å²) in [5, 5.41) is 0.437. The summed E-state index contributed by atoms with van der Waals surface area (Å²) in [6.07, 6.45) is 0. The van der Waals surface area contributed by atoms with E-state index in [1.165, 1.54) is 24.4 Å². The van der Waals surface area contributed by atoms with Gasteiger partial charge in [0.2, 0.25) is 5.91 Å². The quantitative estimate of drug-likeness (QED) is 0.741. The van der Waals surface area contributed by atoms with Crippen molar-refractivity contribution in [2.45, 2.75) is 51.3 Å². The number of ether oxygens (including phenoxy) is 1. The van der Waals surface area contributed by atoms with Crippen LogP contribution in [0.3, 0.4) is 0 Å². The molecule has 3 rings (SSSR count). The number of carbonyl (C=O) groups excluding carboxylic acids is 2. The summed E-state index contributed by atoms with van der Waals surface area (Å²) in [5.41, 5.74) is 3.13.